The van der Waals surface area contributed by atoms with E-state index < -0.39 is 0 Å². The molecule has 158 valence electrons. The van der Waals surface area contributed by atoms with Crippen LogP contribution in [-0.4, -0.2) is 98.0 Å². The Morgan fingerprint density at radius 2 is 1.93 bits per heavy atom. The minimum absolute atomic E-state index is 0.160. The Morgan fingerprint density at radius 1 is 1.21 bits per heavy atom. The number of anilines is 3. The summed E-state index contributed by atoms with van der Waals surface area (Å²) >= 11 is 0. The molecular weight excluding hydrogens is 368 g/mol. The SMILES string of the molecule is CC(=O)N1CCN(c2cnc3c(c2)N(C)C2(CO2)C2CN(C(C)C)CCN32)CC1. The van der Waals surface area contributed by atoms with Gasteiger partial charge in [-0.3, -0.25) is 9.69 Å². The Morgan fingerprint density at radius 3 is 2.55 bits per heavy atom. The Labute approximate surface area is 173 Å². The van der Waals surface area contributed by atoms with E-state index in [0.717, 1.165) is 69.6 Å². The van der Waals surface area contributed by atoms with Gasteiger partial charge in [-0.1, -0.05) is 0 Å². The molecule has 0 radical (unpaired) electrons. The molecule has 8 heteroatoms. The first-order valence-corrected chi connectivity index (χ1v) is 10.8. The number of fused-ring (bicyclic) bond motifs is 4. The maximum Gasteiger partial charge on any atom is 0.219 e. The summed E-state index contributed by atoms with van der Waals surface area (Å²) in [5.41, 5.74) is 2.06. The Hall–Kier alpha value is -2.06. The molecule has 1 spiro atoms. The summed E-state index contributed by atoms with van der Waals surface area (Å²) in [5, 5.41) is 0. The molecule has 5 heterocycles. The number of amides is 1. The van der Waals surface area contributed by atoms with Gasteiger partial charge in [0.25, 0.3) is 0 Å². The topological polar surface area (TPSA) is 58.7 Å². The van der Waals surface area contributed by atoms with Gasteiger partial charge >= 0.3 is 0 Å². The fraction of sp³-hybridized carbons (Fsp3) is 0.714. The molecule has 3 fully saturated rings. The van der Waals surface area contributed by atoms with Crippen LogP contribution in [0.2, 0.25) is 0 Å². The largest absolute Gasteiger partial charge is 0.367 e. The van der Waals surface area contributed by atoms with Gasteiger partial charge in [-0.05, 0) is 19.9 Å². The molecule has 4 aliphatic heterocycles. The number of hydrogen-bond donors (Lipinski definition) is 0. The van der Waals surface area contributed by atoms with Crippen LogP contribution in [0.4, 0.5) is 17.2 Å². The molecule has 0 aliphatic carbocycles. The summed E-state index contributed by atoms with van der Waals surface area (Å²) < 4.78 is 6.10. The van der Waals surface area contributed by atoms with Crippen molar-refractivity contribution in [2.24, 2.45) is 0 Å². The van der Waals surface area contributed by atoms with Crippen molar-refractivity contribution in [1.82, 2.24) is 14.8 Å². The highest BCUT2D eigenvalue weighted by molar-refractivity contribution is 5.77. The summed E-state index contributed by atoms with van der Waals surface area (Å²) in [6.45, 7) is 13.3. The zero-order chi connectivity index (χ0) is 20.3. The number of ether oxygens (including phenoxy) is 1. The van der Waals surface area contributed by atoms with Crippen LogP contribution in [0, 0.1) is 0 Å². The molecule has 0 aromatic carbocycles. The minimum Gasteiger partial charge on any atom is -0.367 e. The summed E-state index contributed by atoms with van der Waals surface area (Å²) in [6, 6.07) is 3.12. The van der Waals surface area contributed by atoms with Crippen molar-refractivity contribution in [3.05, 3.63) is 12.3 Å². The molecule has 1 amide bonds. The highest BCUT2D eigenvalue weighted by Crippen LogP contribution is 2.49. The van der Waals surface area contributed by atoms with Crippen molar-refractivity contribution in [3.8, 4) is 0 Å². The second-order valence-electron chi connectivity index (χ2n) is 9.02. The average molecular weight is 401 g/mol. The lowest BCUT2D eigenvalue weighted by atomic mass is 9.97. The van der Waals surface area contributed by atoms with Crippen LogP contribution in [0.15, 0.2) is 12.3 Å². The van der Waals surface area contributed by atoms with Gasteiger partial charge in [0.2, 0.25) is 5.91 Å². The van der Waals surface area contributed by atoms with E-state index in [1.807, 2.05) is 11.1 Å². The van der Waals surface area contributed by atoms with Crippen LogP contribution in [0.3, 0.4) is 0 Å². The molecule has 8 nitrogen and oxygen atoms in total. The Bertz CT molecular complexity index is 802. The smallest absolute Gasteiger partial charge is 0.219 e. The van der Waals surface area contributed by atoms with Crippen LogP contribution in [0.1, 0.15) is 20.8 Å². The summed E-state index contributed by atoms with van der Waals surface area (Å²) in [6.07, 6.45) is 2.01. The Balaban J connectivity index is 1.42. The number of epoxide rings is 1. The van der Waals surface area contributed by atoms with Gasteiger partial charge in [0.15, 0.2) is 11.5 Å². The molecule has 0 saturated carbocycles. The molecule has 5 rings (SSSR count). The number of likely N-dealkylation sites (N-methyl/N-ethyl adjacent to an activating group) is 1. The zero-order valence-electron chi connectivity index (χ0n) is 18.0. The molecule has 2 unspecified atom stereocenters. The van der Waals surface area contributed by atoms with E-state index in [1.54, 1.807) is 6.92 Å². The van der Waals surface area contributed by atoms with E-state index in [4.69, 9.17) is 9.72 Å². The van der Waals surface area contributed by atoms with Crippen molar-refractivity contribution < 1.29 is 9.53 Å². The number of piperazine rings is 2. The standard InChI is InChI=1S/C21H32N6O2/c1-15(2)26-9-10-27-19(13-26)21(14-29-21)23(4)18-11-17(12-22-20(18)27)25-7-5-24(6-8-25)16(3)28/h11-12,15,19H,5-10,13-14H2,1-4H3. The number of rotatable bonds is 2. The van der Waals surface area contributed by atoms with Crippen molar-refractivity contribution in [1.29, 1.82) is 0 Å². The van der Waals surface area contributed by atoms with Crippen LogP contribution in [0.5, 0.6) is 0 Å². The van der Waals surface area contributed by atoms with E-state index in [0.29, 0.717) is 12.1 Å². The maximum absolute atomic E-state index is 11.6. The summed E-state index contributed by atoms with van der Waals surface area (Å²) in [7, 11) is 2.15. The first-order valence-electron chi connectivity index (χ1n) is 10.8. The highest BCUT2D eigenvalue weighted by Gasteiger charge is 2.62. The van der Waals surface area contributed by atoms with E-state index >= 15 is 0 Å². The number of pyridine rings is 1. The van der Waals surface area contributed by atoms with Gasteiger partial charge in [-0.25, -0.2) is 4.98 Å². The molecule has 0 bridgehead atoms. The summed E-state index contributed by atoms with van der Waals surface area (Å²) in [5.74, 6) is 1.24. The molecule has 3 saturated heterocycles. The number of aromatic nitrogens is 1. The van der Waals surface area contributed by atoms with E-state index in [2.05, 4.69) is 46.6 Å². The lowest BCUT2D eigenvalue weighted by Gasteiger charge is -2.52. The third-order valence-electron chi connectivity index (χ3n) is 7.23. The first-order chi connectivity index (χ1) is 13.9. The zero-order valence-corrected chi connectivity index (χ0v) is 18.0. The molecule has 4 aliphatic rings. The van der Waals surface area contributed by atoms with Crippen molar-refractivity contribution in [2.45, 2.75) is 38.6 Å². The van der Waals surface area contributed by atoms with Gasteiger partial charge in [-0.2, -0.15) is 0 Å². The minimum atomic E-state index is -0.228. The van der Waals surface area contributed by atoms with Crippen LogP contribution < -0.4 is 14.7 Å². The van der Waals surface area contributed by atoms with Gasteiger partial charge in [-0.15, -0.1) is 0 Å². The predicted molar refractivity (Wildman–Crippen MR) is 114 cm³/mol. The Kier molecular flexibility index (Phi) is 4.40. The van der Waals surface area contributed by atoms with E-state index in [1.165, 1.54) is 0 Å². The maximum atomic E-state index is 11.6. The quantitative estimate of drug-likeness (QED) is 0.682. The van der Waals surface area contributed by atoms with E-state index in [9.17, 15) is 4.79 Å². The second kappa shape index (κ2) is 6.74. The lowest BCUT2D eigenvalue weighted by molar-refractivity contribution is -0.129. The number of carbonyl (C=O) groups is 1. The average Bonchev–Trinajstić information content (AvgIpc) is 3.53. The molecule has 1 aromatic rings. The third-order valence-corrected chi connectivity index (χ3v) is 7.23. The number of hydrogen-bond acceptors (Lipinski definition) is 7. The molecule has 1 aromatic heterocycles. The fourth-order valence-electron chi connectivity index (χ4n) is 5.16. The molecule has 29 heavy (non-hydrogen) atoms. The van der Waals surface area contributed by atoms with Crippen molar-refractivity contribution in [2.75, 3.05) is 74.2 Å². The van der Waals surface area contributed by atoms with Gasteiger partial charge in [0.1, 0.15) is 0 Å². The third kappa shape index (κ3) is 2.95. The highest BCUT2D eigenvalue weighted by atomic mass is 16.6. The second-order valence-corrected chi connectivity index (χ2v) is 9.02. The first kappa shape index (κ1) is 18.9. The fourth-order valence-corrected chi connectivity index (χ4v) is 5.16. The van der Waals surface area contributed by atoms with Crippen LogP contribution >= 0.6 is 0 Å². The predicted octanol–water partition coefficient (Wildman–Crippen LogP) is 0.825. The monoisotopic (exact) mass is 400 g/mol. The number of nitrogens with zero attached hydrogens (tertiary/aromatic N) is 6. The van der Waals surface area contributed by atoms with E-state index in [-0.39, 0.29) is 11.6 Å². The molecule has 0 N–H and O–H groups in total. The lowest BCUT2D eigenvalue weighted by Crippen LogP contribution is -2.67. The van der Waals surface area contributed by atoms with Crippen LogP contribution in [-0.2, 0) is 9.53 Å². The van der Waals surface area contributed by atoms with Crippen molar-refractivity contribution in [3.63, 3.8) is 0 Å². The molecular formula is C21H32N6O2. The van der Waals surface area contributed by atoms with Gasteiger partial charge < -0.3 is 24.3 Å². The van der Waals surface area contributed by atoms with Crippen molar-refractivity contribution >= 4 is 23.1 Å². The summed E-state index contributed by atoms with van der Waals surface area (Å²) in [4.78, 5) is 28.1. The molecule has 2 atom stereocenters. The number of carbonyl (C=O) groups excluding carboxylic acids is 1. The van der Waals surface area contributed by atoms with Gasteiger partial charge in [0.05, 0.1) is 30.2 Å². The van der Waals surface area contributed by atoms with Gasteiger partial charge in [0, 0.05) is 65.8 Å². The normalized spacial score (nSPS) is 29.3. The van der Waals surface area contributed by atoms with Crippen LogP contribution in [0.25, 0.3) is 0 Å².